The zero-order valence-electron chi connectivity index (χ0n) is 11.1. The highest BCUT2D eigenvalue weighted by Gasteiger charge is 2.18. The van der Waals surface area contributed by atoms with Crippen LogP contribution < -0.4 is 0 Å². The van der Waals surface area contributed by atoms with Crippen LogP contribution in [0.5, 0.6) is 0 Å². The van der Waals surface area contributed by atoms with Gasteiger partial charge in [-0.3, -0.25) is 0 Å². The van der Waals surface area contributed by atoms with Gasteiger partial charge in [0, 0.05) is 0 Å². The Morgan fingerprint density at radius 2 is 1.75 bits per heavy atom. The second-order valence-electron chi connectivity index (χ2n) is 5.43. The van der Waals surface area contributed by atoms with E-state index in [-0.39, 0.29) is 0 Å². The maximum absolute atomic E-state index is 2.44. The molecule has 1 heteroatoms. The molecule has 0 atom stereocenters. The van der Waals surface area contributed by atoms with Crippen LogP contribution in [0.25, 0.3) is 6.08 Å². The van der Waals surface area contributed by atoms with Crippen molar-refractivity contribution in [2.75, 3.05) is 0 Å². The van der Waals surface area contributed by atoms with Gasteiger partial charge >= 0.3 is 0 Å². The van der Waals surface area contributed by atoms with Crippen LogP contribution in [0.2, 0.25) is 19.6 Å². The van der Waals surface area contributed by atoms with Crippen molar-refractivity contribution in [3.8, 4) is 0 Å². The Labute approximate surface area is 101 Å². The Morgan fingerprint density at radius 1 is 1.12 bits per heavy atom. The molecule has 0 heterocycles. The summed E-state index contributed by atoms with van der Waals surface area (Å²) in [7, 11) is -1.15. The third kappa shape index (κ3) is 4.36. The Morgan fingerprint density at radius 3 is 2.25 bits per heavy atom. The average Bonchev–Trinajstić information content (AvgIpc) is 2.24. The SMILES string of the molecule is CCCCC(=Cc1ccccc1)[Si](C)(C)C. The summed E-state index contributed by atoms with van der Waals surface area (Å²) in [5.41, 5.74) is 1.36. The van der Waals surface area contributed by atoms with Gasteiger partial charge in [0.2, 0.25) is 0 Å². The highest BCUT2D eigenvalue weighted by Crippen LogP contribution is 2.23. The van der Waals surface area contributed by atoms with Crippen molar-refractivity contribution in [2.45, 2.75) is 45.8 Å². The molecule has 1 aromatic carbocycles. The van der Waals surface area contributed by atoms with Crippen LogP contribution in [0.1, 0.15) is 31.7 Å². The molecule has 0 spiro atoms. The van der Waals surface area contributed by atoms with E-state index in [4.69, 9.17) is 0 Å². The highest BCUT2D eigenvalue weighted by molar-refractivity contribution is 6.83. The summed E-state index contributed by atoms with van der Waals surface area (Å²) in [5, 5.41) is 1.69. The van der Waals surface area contributed by atoms with Crippen molar-refractivity contribution in [1.29, 1.82) is 0 Å². The summed E-state index contributed by atoms with van der Waals surface area (Å²) in [6.07, 6.45) is 6.31. The van der Waals surface area contributed by atoms with Crippen molar-refractivity contribution < 1.29 is 0 Å². The smallest absolute Gasteiger partial charge is 0.0724 e. The summed E-state index contributed by atoms with van der Waals surface area (Å²) >= 11 is 0. The molecule has 0 radical (unpaired) electrons. The number of benzene rings is 1. The second-order valence-corrected chi connectivity index (χ2v) is 10.6. The molecule has 0 saturated heterocycles. The summed E-state index contributed by atoms with van der Waals surface area (Å²) < 4.78 is 0. The normalized spacial score (nSPS) is 12.9. The lowest BCUT2D eigenvalue weighted by Gasteiger charge is -2.21. The first-order chi connectivity index (χ1) is 7.54. The van der Waals surface area contributed by atoms with E-state index in [1.54, 1.807) is 5.20 Å². The van der Waals surface area contributed by atoms with E-state index in [0.29, 0.717) is 0 Å². The molecule has 88 valence electrons. The minimum absolute atomic E-state index is 1.15. The van der Waals surface area contributed by atoms with Gasteiger partial charge in [0.15, 0.2) is 0 Å². The highest BCUT2D eigenvalue weighted by atomic mass is 28.3. The van der Waals surface area contributed by atoms with E-state index < -0.39 is 8.07 Å². The predicted octanol–water partition coefficient (Wildman–Crippen LogP) is 5.14. The topological polar surface area (TPSA) is 0 Å². The van der Waals surface area contributed by atoms with Crippen LogP contribution in [0.4, 0.5) is 0 Å². The number of hydrogen-bond acceptors (Lipinski definition) is 0. The largest absolute Gasteiger partial charge is 0.0805 e. The fraction of sp³-hybridized carbons (Fsp3) is 0.467. The number of unbranched alkanes of at least 4 members (excludes halogenated alkanes) is 1. The molecule has 0 aliphatic carbocycles. The summed E-state index contributed by atoms with van der Waals surface area (Å²) in [6, 6.07) is 10.7. The van der Waals surface area contributed by atoms with Gasteiger partial charge in [0.1, 0.15) is 0 Å². The van der Waals surface area contributed by atoms with Gasteiger partial charge in [-0.05, 0) is 12.0 Å². The molecule has 0 aliphatic heterocycles. The third-order valence-electron chi connectivity index (χ3n) is 2.90. The van der Waals surface area contributed by atoms with Crippen LogP contribution in [0, 0.1) is 0 Å². The lowest BCUT2D eigenvalue weighted by Crippen LogP contribution is -2.23. The first-order valence-corrected chi connectivity index (χ1v) is 9.80. The predicted molar refractivity (Wildman–Crippen MR) is 77.3 cm³/mol. The molecule has 16 heavy (non-hydrogen) atoms. The van der Waals surface area contributed by atoms with E-state index in [0.717, 1.165) is 0 Å². The first-order valence-electron chi connectivity index (χ1n) is 6.30. The lowest BCUT2D eigenvalue weighted by atomic mass is 10.1. The van der Waals surface area contributed by atoms with E-state index >= 15 is 0 Å². The molecule has 0 fully saturated rings. The molecule has 1 rings (SSSR count). The minimum Gasteiger partial charge on any atom is -0.0805 e. The zero-order valence-corrected chi connectivity index (χ0v) is 12.1. The van der Waals surface area contributed by atoms with Crippen LogP contribution in [0.3, 0.4) is 0 Å². The van der Waals surface area contributed by atoms with E-state index in [9.17, 15) is 0 Å². The fourth-order valence-corrected chi connectivity index (χ4v) is 3.31. The Kier molecular flexibility index (Phi) is 5.00. The number of rotatable bonds is 5. The molecule has 0 bridgehead atoms. The number of hydrogen-bond donors (Lipinski definition) is 0. The third-order valence-corrected chi connectivity index (χ3v) is 5.22. The minimum atomic E-state index is -1.15. The van der Waals surface area contributed by atoms with Crippen molar-refractivity contribution in [3.05, 3.63) is 41.1 Å². The van der Waals surface area contributed by atoms with Crippen LogP contribution >= 0.6 is 0 Å². The molecule has 0 nitrogen and oxygen atoms in total. The Balaban J connectivity index is 2.88. The van der Waals surface area contributed by atoms with Crippen molar-refractivity contribution >= 4 is 14.1 Å². The summed E-state index contributed by atoms with van der Waals surface area (Å²) in [4.78, 5) is 0. The monoisotopic (exact) mass is 232 g/mol. The fourth-order valence-electron chi connectivity index (χ4n) is 1.78. The van der Waals surface area contributed by atoms with Gasteiger partial charge in [-0.15, -0.1) is 0 Å². The standard InChI is InChI=1S/C15H24Si/c1-5-6-12-15(16(2,3)4)13-14-10-8-7-9-11-14/h7-11,13H,5-6,12H2,1-4H3. The summed E-state index contributed by atoms with van der Waals surface area (Å²) in [5.74, 6) is 0. The second kappa shape index (κ2) is 6.05. The number of allylic oxidation sites excluding steroid dienone is 1. The van der Waals surface area contributed by atoms with E-state index in [1.165, 1.54) is 24.8 Å². The van der Waals surface area contributed by atoms with E-state index in [2.05, 4.69) is 63.0 Å². The molecule has 0 saturated carbocycles. The van der Waals surface area contributed by atoms with Crippen LogP contribution in [-0.2, 0) is 0 Å². The Hall–Kier alpha value is -0.823. The van der Waals surface area contributed by atoms with Crippen molar-refractivity contribution in [2.24, 2.45) is 0 Å². The van der Waals surface area contributed by atoms with Gasteiger partial charge < -0.3 is 0 Å². The van der Waals surface area contributed by atoms with Gasteiger partial charge in [-0.1, -0.05) is 81.0 Å². The zero-order chi connectivity index (χ0) is 12.0. The van der Waals surface area contributed by atoms with Gasteiger partial charge in [-0.2, -0.15) is 0 Å². The molecule has 0 aliphatic rings. The molecule has 0 N–H and O–H groups in total. The Bertz CT molecular complexity index is 330. The van der Waals surface area contributed by atoms with Crippen molar-refractivity contribution in [1.82, 2.24) is 0 Å². The molecular weight excluding hydrogens is 208 g/mol. The van der Waals surface area contributed by atoms with Gasteiger partial charge in [0.05, 0.1) is 8.07 Å². The quantitative estimate of drug-likeness (QED) is 0.617. The van der Waals surface area contributed by atoms with Crippen molar-refractivity contribution in [3.63, 3.8) is 0 Å². The van der Waals surface area contributed by atoms with Crippen LogP contribution in [0.15, 0.2) is 35.5 Å². The summed E-state index contributed by atoms with van der Waals surface area (Å²) in [6.45, 7) is 9.59. The molecule has 1 aromatic rings. The lowest BCUT2D eigenvalue weighted by molar-refractivity contribution is 0.805. The average molecular weight is 232 g/mol. The first kappa shape index (κ1) is 13.2. The maximum Gasteiger partial charge on any atom is 0.0724 e. The van der Waals surface area contributed by atoms with Crippen LogP contribution in [-0.4, -0.2) is 8.07 Å². The van der Waals surface area contributed by atoms with Gasteiger partial charge in [-0.25, -0.2) is 0 Å². The molecular formula is C15H24Si. The van der Waals surface area contributed by atoms with E-state index in [1.807, 2.05) is 0 Å². The maximum atomic E-state index is 2.44. The molecule has 0 amide bonds. The molecule has 0 unspecified atom stereocenters. The van der Waals surface area contributed by atoms with Gasteiger partial charge in [0.25, 0.3) is 0 Å². The molecule has 0 aromatic heterocycles.